The summed E-state index contributed by atoms with van der Waals surface area (Å²) in [5.41, 5.74) is 1.37. The highest BCUT2D eigenvalue weighted by molar-refractivity contribution is 6.53. The molecular formula is C21H14Cl5NO2. The van der Waals surface area contributed by atoms with Gasteiger partial charge in [-0.2, -0.15) is 0 Å². The molecule has 0 bridgehead atoms. The van der Waals surface area contributed by atoms with Crippen molar-refractivity contribution in [3.8, 4) is 12.3 Å². The van der Waals surface area contributed by atoms with Crippen LogP contribution in [0.2, 0.25) is 15.1 Å². The highest BCUT2D eigenvalue weighted by atomic mass is 35.5. The van der Waals surface area contributed by atoms with E-state index in [0.717, 1.165) is 0 Å². The van der Waals surface area contributed by atoms with Crippen LogP contribution in [-0.4, -0.2) is 16.0 Å². The molecule has 8 heteroatoms. The number of carbonyl (C=O) groups is 2. The summed E-state index contributed by atoms with van der Waals surface area (Å²) in [6.45, 7) is 0. The molecule has 2 unspecified atom stereocenters. The maximum atomic E-state index is 12.8. The number of ketones is 1. The molecule has 1 aliphatic carbocycles. The molecule has 0 aliphatic heterocycles. The van der Waals surface area contributed by atoms with Crippen LogP contribution in [-0.2, 0) is 4.79 Å². The Kier molecular flexibility index (Phi) is 6.73. The van der Waals surface area contributed by atoms with Gasteiger partial charge in [0.2, 0.25) is 5.91 Å². The number of anilines is 1. The van der Waals surface area contributed by atoms with E-state index >= 15 is 0 Å². The van der Waals surface area contributed by atoms with Crippen molar-refractivity contribution in [3.63, 3.8) is 0 Å². The minimum atomic E-state index is -1.30. The van der Waals surface area contributed by atoms with Crippen molar-refractivity contribution in [1.29, 1.82) is 0 Å². The van der Waals surface area contributed by atoms with Gasteiger partial charge in [-0.25, -0.2) is 0 Å². The van der Waals surface area contributed by atoms with Crippen molar-refractivity contribution in [1.82, 2.24) is 0 Å². The lowest BCUT2D eigenvalue weighted by molar-refractivity contribution is -0.117. The van der Waals surface area contributed by atoms with Crippen molar-refractivity contribution in [2.75, 3.05) is 5.32 Å². The first-order valence-electron chi connectivity index (χ1n) is 8.56. The largest absolute Gasteiger partial charge is 0.326 e. The zero-order valence-corrected chi connectivity index (χ0v) is 18.6. The van der Waals surface area contributed by atoms with Gasteiger partial charge in [0.05, 0.1) is 10.9 Å². The molecule has 29 heavy (non-hydrogen) atoms. The van der Waals surface area contributed by atoms with Gasteiger partial charge in [-0.1, -0.05) is 34.8 Å². The fraction of sp³-hybridized carbons (Fsp3) is 0.238. The third-order valence-corrected chi connectivity index (χ3v) is 6.32. The van der Waals surface area contributed by atoms with E-state index in [1.165, 1.54) is 12.1 Å². The summed E-state index contributed by atoms with van der Waals surface area (Å²) in [4.78, 5) is 25.0. The van der Waals surface area contributed by atoms with E-state index in [1.807, 2.05) is 0 Å². The Morgan fingerprint density at radius 2 is 1.72 bits per heavy atom. The Morgan fingerprint density at radius 3 is 2.34 bits per heavy atom. The second kappa shape index (κ2) is 8.76. The van der Waals surface area contributed by atoms with Crippen LogP contribution in [0.15, 0.2) is 36.4 Å². The molecule has 1 saturated carbocycles. The molecular weight excluding hydrogens is 476 g/mol. The standard InChI is InChI=1S/C21H14Cl5NO2/c1-2-3-4-17(28)15-10-14(5-6-16(15)24)27-20(29)19-18(21(19,25)26)11-7-12(22)9-13(23)8-11/h1,5-10,18-19H,3-4H2,(H,27,29). The van der Waals surface area contributed by atoms with Gasteiger partial charge < -0.3 is 5.32 Å². The minimum absolute atomic E-state index is 0.167. The van der Waals surface area contributed by atoms with Gasteiger partial charge in [0.1, 0.15) is 4.33 Å². The zero-order chi connectivity index (χ0) is 21.3. The van der Waals surface area contributed by atoms with Crippen LogP contribution in [0, 0.1) is 18.3 Å². The molecule has 2 atom stereocenters. The van der Waals surface area contributed by atoms with Gasteiger partial charge in [0, 0.05) is 40.1 Å². The van der Waals surface area contributed by atoms with E-state index in [-0.39, 0.29) is 28.7 Å². The predicted molar refractivity (Wildman–Crippen MR) is 120 cm³/mol. The molecule has 2 aromatic carbocycles. The monoisotopic (exact) mass is 487 g/mol. The van der Waals surface area contributed by atoms with E-state index in [1.54, 1.807) is 24.3 Å². The normalized spacial score (nSPS) is 19.3. The molecule has 1 N–H and O–H groups in total. The topological polar surface area (TPSA) is 46.2 Å². The third kappa shape index (κ3) is 4.85. The maximum absolute atomic E-state index is 12.8. The average Bonchev–Trinajstić information content (AvgIpc) is 3.22. The van der Waals surface area contributed by atoms with E-state index in [9.17, 15) is 9.59 Å². The molecule has 0 heterocycles. The molecule has 1 amide bonds. The van der Waals surface area contributed by atoms with Crippen LogP contribution in [0.4, 0.5) is 5.69 Å². The first-order chi connectivity index (χ1) is 13.6. The van der Waals surface area contributed by atoms with E-state index < -0.39 is 16.2 Å². The number of rotatable bonds is 6. The highest BCUT2D eigenvalue weighted by Gasteiger charge is 2.67. The van der Waals surface area contributed by atoms with Crippen LogP contribution in [0.25, 0.3) is 0 Å². The van der Waals surface area contributed by atoms with Gasteiger partial charge in [-0.3, -0.25) is 9.59 Å². The summed E-state index contributed by atoms with van der Waals surface area (Å²) in [6, 6.07) is 9.58. The molecule has 150 valence electrons. The Bertz CT molecular complexity index is 1010. The molecule has 3 nitrogen and oxygen atoms in total. The second-order valence-corrected chi connectivity index (χ2v) is 9.37. The number of hydrogen-bond donors (Lipinski definition) is 1. The van der Waals surface area contributed by atoms with Gasteiger partial charge >= 0.3 is 0 Å². The lowest BCUT2D eigenvalue weighted by atomic mass is 10.1. The van der Waals surface area contributed by atoms with Crippen molar-refractivity contribution in [2.45, 2.75) is 23.1 Å². The lowest BCUT2D eigenvalue weighted by Gasteiger charge is -2.09. The van der Waals surface area contributed by atoms with Crippen molar-refractivity contribution in [2.24, 2.45) is 5.92 Å². The van der Waals surface area contributed by atoms with Crippen molar-refractivity contribution in [3.05, 3.63) is 62.6 Å². The summed E-state index contributed by atoms with van der Waals surface area (Å²) in [7, 11) is 0. The second-order valence-electron chi connectivity index (χ2n) is 6.64. The number of terminal acetylenes is 1. The lowest BCUT2D eigenvalue weighted by Crippen LogP contribution is -2.17. The first kappa shape index (κ1) is 22.3. The number of halogens is 5. The molecule has 0 aromatic heterocycles. The molecule has 1 fully saturated rings. The predicted octanol–water partition coefficient (Wildman–Crippen LogP) is 6.77. The summed E-state index contributed by atoms with van der Waals surface area (Å²) >= 11 is 30.9. The Balaban J connectivity index is 1.78. The quantitative estimate of drug-likeness (QED) is 0.277. The zero-order valence-electron chi connectivity index (χ0n) is 14.8. The van der Waals surface area contributed by atoms with Crippen LogP contribution < -0.4 is 5.32 Å². The van der Waals surface area contributed by atoms with E-state index in [4.69, 9.17) is 64.4 Å². The van der Waals surface area contributed by atoms with E-state index in [2.05, 4.69) is 11.2 Å². The SMILES string of the molecule is C#CCCC(=O)c1cc(NC(=O)C2C(c3cc(Cl)cc(Cl)c3)C2(Cl)Cl)ccc1Cl. The molecule has 1 aliphatic rings. The smallest absolute Gasteiger partial charge is 0.231 e. The van der Waals surface area contributed by atoms with Crippen LogP contribution in [0.3, 0.4) is 0 Å². The van der Waals surface area contributed by atoms with Gasteiger partial charge in [-0.15, -0.1) is 35.5 Å². The Labute approximate surface area is 193 Å². The maximum Gasteiger partial charge on any atom is 0.231 e. The van der Waals surface area contributed by atoms with Crippen LogP contribution in [0.1, 0.15) is 34.7 Å². The molecule has 0 spiro atoms. The number of nitrogens with one attached hydrogen (secondary N) is 1. The number of alkyl halides is 2. The highest BCUT2D eigenvalue weighted by Crippen LogP contribution is 2.65. The first-order valence-corrected chi connectivity index (χ1v) is 10.4. The van der Waals surface area contributed by atoms with Gasteiger partial charge in [0.25, 0.3) is 0 Å². The molecule has 3 rings (SSSR count). The Morgan fingerprint density at radius 1 is 1.07 bits per heavy atom. The number of benzene rings is 2. The number of hydrogen-bond acceptors (Lipinski definition) is 2. The summed E-state index contributed by atoms with van der Waals surface area (Å²) in [6.07, 6.45) is 5.67. The summed E-state index contributed by atoms with van der Waals surface area (Å²) in [5, 5.41) is 3.88. The number of carbonyl (C=O) groups excluding carboxylic acids is 2. The van der Waals surface area contributed by atoms with Gasteiger partial charge in [0.15, 0.2) is 5.78 Å². The summed E-state index contributed by atoms with van der Waals surface area (Å²) in [5.74, 6) is 0.644. The molecule has 2 aromatic rings. The average molecular weight is 490 g/mol. The Hall–Kier alpha value is -1.41. The fourth-order valence-electron chi connectivity index (χ4n) is 3.18. The number of amides is 1. The van der Waals surface area contributed by atoms with Crippen molar-refractivity contribution >= 4 is 75.4 Å². The van der Waals surface area contributed by atoms with Crippen LogP contribution >= 0.6 is 58.0 Å². The van der Waals surface area contributed by atoms with Gasteiger partial charge in [-0.05, 0) is 42.0 Å². The molecule has 0 radical (unpaired) electrons. The minimum Gasteiger partial charge on any atom is -0.326 e. The van der Waals surface area contributed by atoms with Crippen molar-refractivity contribution < 1.29 is 9.59 Å². The van der Waals surface area contributed by atoms with Crippen LogP contribution in [0.5, 0.6) is 0 Å². The fourth-order valence-corrected chi connectivity index (χ4v) is 4.77. The third-order valence-electron chi connectivity index (χ3n) is 4.61. The molecule has 0 saturated heterocycles. The van der Waals surface area contributed by atoms with E-state index in [0.29, 0.717) is 27.7 Å². The number of Topliss-reactive ketones (excluding diaryl/α,β-unsaturated/α-hetero) is 1. The summed E-state index contributed by atoms with van der Waals surface area (Å²) < 4.78 is -1.30.